The fourth-order valence-corrected chi connectivity index (χ4v) is 3.49. The SMILES string of the molecule is O=C(Nc1ccc(-c2cccnc2)cc1)Nc1cc(Br)cc(Br)c1. The molecule has 1 aromatic heterocycles. The molecular formula is C18H13Br2N3O. The molecule has 1 heterocycles. The number of aromatic nitrogens is 1. The number of amides is 2. The minimum absolute atomic E-state index is 0.297. The van der Waals surface area contributed by atoms with Crippen molar-refractivity contribution >= 4 is 49.3 Å². The van der Waals surface area contributed by atoms with Gasteiger partial charge in [0.2, 0.25) is 0 Å². The molecule has 0 atom stereocenters. The summed E-state index contributed by atoms with van der Waals surface area (Å²) in [6.45, 7) is 0. The number of carbonyl (C=O) groups is 1. The summed E-state index contributed by atoms with van der Waals surface area (Å²) in [6, 6.07) is 16.8. The van der Waals surface area contributed by atoms with Gasteiger partial charge in [-0.1, -0.05) is 50.1 Å². The Morgan fingerprint density at radius 3 is 2.12 bits per heavy atom. The standard InChI is InChI=1S/C18H13Br2N3O/c19-14-8-15(20)10-17(9-14)23-18(24)22-16-5-3-12(4-6-16)13-2-1-7-21-11-13/h1-11H,(H2,22,23,24). The maximum absolute atomic E-state index is 12.1. The third-order valence-electron chi connectivity index (χ3n) is 3.26. The lowest BCUT2D eigenvalue weighted by Crippen LogP contribution is -2.19. The van der Waals surface area contributed by atoms with Gasteiger partial charge in [-0.25, -0.2) is 4.79 Å². The summed E-state index contributed by atoms with van der Waals surface area (Å²) in [5, 5.41) is 5.61. The van der Waals surface area contributed by atoms with E-state index in [9.17, 15) is 4.79 Å². The van der Waals surface area contributed by atoms with Gasteiger partial charge < -0.3 is 10.6 Å². The average molecular weight is 447 g/mol. The van der Waals surface area contributed by atoms with Crippen molar-refractivity contribution in [2.24, 2.45) is 0 Å². The number of hydrogen-bond acceptors (Lipinski definition) is 2. The number of nitrogens with one attached hydrogen (secondary N) is 2. The maximum Gasteiger partial charge on any atom is 0.323 e. The molecule has 24 heavy (non-hydrogen) atoms. The number of benzene rings is 2. The molecule has 2 aromatic carbocycles. The topological polar surface area (TPSA) is 54.0 Å². The first-order chi connectivity index (χ1) is 11.6. The van der Waals surface area contributed by atoms with E-state index < -0.39 is 0 Å². The zero-order chi connectivity index (χ0) is 16.9. The van der Waals surface area contributed by atoms with Crippen molar-refractivity contribution in [3.63, 3.8) is 0 Å². The highest BCUT2D eigenvalue weighted by Crippen LogP contribution is 2.24. The van der Waals surface area contributed by atoms with E-state index in [1.54, 1.807) is 12.4 Å². The van der Waals surface area contributed by atoms with E-state index >= 15 is 0 Å². The summed E-state index contributed by atoms with van der Waals surface area (Å²) in [5.41, 5.74) is 3.49. The van der Waals surface area contributed by atoms with Crippen LogP contribution in [0.15, 0.2) is 75.9 Å². The Labute approximate surface area is 156 Å². The number of anilines is 2. The molecule has 0 unspecified atom stereocenters. The molecule has 0 bridgehead atoms. The lowest BCUT2D eigenvalue weighted by molar-refractivity contribution is 0.262. The van der Waals surface area contributed by atoms with Gasteiger partial charge in [-0.3, -0.25) is 4.98 Å². The first kappa shape index (κ1) is 16.7. The van der Waals surface area contributed by atoms with Crippen molar-refractivity contribution in [1.29, 1.82) is 0 Å². The van der Waals surface area contributed by atoms with Crippen LogP contribution in [0.5, 0.6) is 0 Å². The predicted octanol–water partition coefficient (Wildman–Crippen LogP) is 5.92. The van der Waals surface area contributed by atoms with Crippen molar-refractivity contribution in [3.8, 4) is 11.1 Å². The van der Waals surface area contributed by atoms with E-state index in [1.165, 1.54) is 0 Å². The van der Waals surface area contributed by atoms with Crippen LogP contribution < -0.4 is 10.6 Å². The number of pyridine rings is 1. The summed E-state index contributed by atoms with van der Waals surface area (Å²) < 4.78 is 1.76. The molecule has 0 aliphatic rings. The highest BCUT2D eigenvalue weighted by Gasteiger charge is 2.05. The van der Waals surface area contributed by atoms with Gasteiger partial charge in [0.15, 0.2) is 0 Å². The highest BCUT2D eigenvalue weighted by molar-refractivity contribution is 9.11. The number of urea groups is 1. The van der Waals surface area contributed by atoms with Crippen LogP contribution in [0.2, 0.25) is 0 Å². The van der Waals surface area contributed by atoms with Crippen LogP contribution in [0.4, 0.5) is 16.2 Å². The van der Waals surface area contributed by atoms with Gasteiger partial charge in [-0.2, -0.15) is 0 Å². The number of halogens is 2. The van der Waals surface area contributed by atoms with Crippen LogP contribution in [0.1, 0.15) is 0 Å². The Bertz CT molecular complexity index is 832. The zero-order valence-corrected chi connectivity index (χ0v) is 15.6. The Kier molecular flexibility index (Phi) is 5.27. The van der Waals surface area contributed by atoms with Crippen LogP contribution in [0.25, 0.3) is 11.1 Å². The fourth-order valence-electron chi connectivity index (χ4n) is 2.20. The van der Waals surface area contributed by atoms with Gasteiger partial charge in [0, 0.05) is 32.7 Å². The van der Waals surface area contributed by atoms with Gasteiger partial charge in [-0.15, -0.1) is 0 Å². The van der Waals surface area contributed by atoms with Crippen molar-refractivity contribution < 1.29 is 4.79 Å². The molecule has 0 aliphatic heterocycles. The molecule has 2 N–H and O–H groups in total. The van der Waals surface area contributed by atoms with Crippen molar-refractivity contribution in [2.75, 3.05) is 10.6 Å². The third kappa shape index (κ3) is 4.43. The van der Waals surface area contributed by atoms with Crippen LogP contribution in [0.3, 0.4) is 0 Å². The quantitative estimate of drug-likeness (QED) is 0.524. The Morgan fingerprint density at radius 1 is 0.833 bits per heavy atom. The minimum atomic E-state index is -0.297. The van der Waals surface area contributed by atoms with Crippen molar-refractivity contribution in [1.82, 2.24) is 4.98 Å². The number of nitrogens with zero attached hydrogens (tertiary/aromatic N) is 1. The number of carbonyl (C=O) groups excluding carboxylic acids is 1. The average Bonchev–Trinajstić information content (AvgIpc) is 2.55. The summed E-state index contributed by atoms with van der Waals surface area (Å²) in [5.74, 6) is 0. The lowest BCUT2D eigenvalue weighted by atomic mass is 10.1. The lowest BCUT2D eigenvalue weighted by Gasteiger charge is -2.09. The van der Waals surface area contributed by atoms with Crippen molar-refractivity contribution in [2.45, 2.75) is 0 Å². The molecule has 0 saturated carbocycles. The van der Waals surface area contributed by atoms with Gasteiger partial charge in [-0.05, 0) is 47.5 Å². The second kappa shape index (κ2) is 7.59. The monoisotopic (exact) mass is 445 g/mol. The molecule has 0 fully saturated rings. The molecule has 0 radical (unpaired) electrons. The van der Waals surface area contributed by atoms with Gasteiger partial charge >= 0.3 is 6.03 Å². The van der Waals surface area contributed by atoms with E-state index in [4.69, 9.17) is 0 Å². The van der Waals surface area contributed by atoms with Gasteiger partial charge in [0.1, 0.15) is 0 Å². The smallest absolute Gasteiger partial charge is 0.308 e. The molecule has 120 valence electrons. The van der Waals surface area contributed by atoms with Crippen LogP contribution >= 0.6 is 31.9 Å². The summed E-state index contributed by atoms with van der Waals surface area (Å²) in [4.78, 5) is 16.2. The summed E-state index contributed by atoms with van der Waals surface area (Å²) in [6.07, 6.45) is 3.55. The number of hydrogen-bond donors (Lipinski definition) is 2. The highest BCUT2D eigenvalue weighted by atomic mass is 79.9. The van der Waals surface area contributed by atoms with Crippen LogP contribution in [0, 0.1) is 0 Å². The second-order valence-electron chi connectivity index (χ2n) is 5.06. The van der Waals surface area contributed by atoms with Crippen molar-refractivity contribution in [3.05, 3.63) is 75.9 Å². The van der Waals surface area contributed by atoms with E-state index in [0.717, 1.165) is 20.1 Å². The van der Waals surface area contributed by atoms with Crippen LogP contribution in [-0.4, -0.2) is 11.0 Å². The number of rotatable bonds is 3. The Balaban J connectivity index is 1.66. The first-order valence-corrected chi connectivity index (χ1v) is 8.73. The zero-order valence-electron chi connectivity index (χ0n) is 12.5. The van der Waals surface area contributed by atoms with E-state index in [2.05, 4.69) is 47.5 Å². The normalized spacial score (nSPS) is 10.2. The first-order valence-electron chi connectivity index (χ1n) is 7.15. The minimum Gasteiger partial charge on any atom is -0.308 e. The van der Waals surface area contributed by atoms with E-state index in [1.807, 2.05) is 54.6 Å². The third-order valence-corrected chi connectivity index (χ3v) is 4.17. The van der Waals surface area contributed by atoms with E-state index in [-0.39, 0.29) is 6.03 Å². The largest absolute Gasteiger partial charge is 0.323 e. The van der Waals surface area contributed by atoms with Crippen LogP contribution in [-0.2, 0) is 0 Å². The molecule has 4 nitrogen and oxygen atoms in total. The molecule has 3 rings (SSSR count). The fraction of sp³-hybridized carbons (Fsp3) is 0. The molecular weight excluding hydrogens is 434 g/mol. The maximum atomic E-state index is 12.1. The predicted molar refractivity (Wildman–Crippen MR) is 104 cm³/mol. The van der Waals surface area contributed by atoms with Gasteiger partial charge in [0.05, 0.1) is 0 Å². The second-order valence-corrected chi connectivity index (χ2v) is 6.89. The molecule has 2 amide bonds. The molecule has 0 aliphatic carbocycles. The Hall–Kier alpha value is -2.18. The van der Waals surface area contributed by atoms with E-state index in [0.29, 0.717) is 11.4 Å². The molecule has 0 spiro atoms. The summed E-state index contributed by atoms with van der Waals surface area (Å²) >= 11 is 6.79. The molecule has 3 aromatic rings. The van der Waals surface area contributed by atoms with Gasteiger partial charge in [0.25, 0.3) is 0 Å². The summed E-state index contributed by atoms with van der Waals surface area (Å²) in [7, 11) is 0. The molecule has 6 heteroatoms. The Morgan fingerprint density at radius 2 is 1.50 bits per heavy atom. The molecule has 0 saturated heterocycles.